The average Bonchev–Trinajstić information content (AvgIpc) is 3.79. The SMILES string of the molecule is CN(C)C=Nc1cnccn1.Nc1cnccn1.ONC=Nc1cnccn1.c1cn2ncnc2cn1.c1nc2n(n1)CCNC2. The van der Waals surface area contributed by atoms with E-state index in [0.717, 1.165) is 37.4 Å². The fourth-order valence-electron chi connectivity index (χ4n) is 2.97. The van der Waals surface area contributed by atoms with Gasteiger partial charge in [-0.3, -0.25) is 30.6 Å². The van der Waals surface area contributed by atoms with Crippen molar-refractivity contribution in [1.82, 2.24) is 79.9 Å². The zero-order valence-electron chi connectivity index (χ0n) is 25.0. The lowest BCUT2D eigenvalue weighted by atomic mass is 10.4. The van der Waals surface area contributed by atoms with Crippen molar-refractivity contribution in [3.05, 3.63) is 92.8 Å². The lowest BCUT2D eigenvalue weighted by Crippen LogP contribution is -2.28. The molecule has 0 amide bonds. The van der Waals surface area contributed by atoms with Crippen LogP contribution in [0.25, 0.3) is 5.65 Å². The summed E-state index contributed by atoms with van der Waals surface area (Å²) in [4.78, 5) is 44.1. The molecule has 0 aliphatic carbocycles. The molecule has 0 atom stereocenters. The fraction of sp³-hybridized carbons (Fsp3) is 0.192. The number of nitrogens with one attached hydrogen (secondary N) is 2. The quantitative estimate of drug-likeness (QED) is 0.117. The summed E-state index contributed by atoms with van der Waals surface area (Å²) in [7, 11) is 3.81. The predicted octanol–water partition coefficient (Wildman–Crippen LogP) is 0.378. The van der Waals surface area contributed by atoms with Crippen LogP contribution in [-0.2, 0) is 13.1 Å². The first kappa shape index (κ1) is 34.1. The number of fused-ring (bicyclic) bond motifs is 2. The highest BCUT2D eigenvalue weighted by Crippen LogP contribution is 2.01. The van der Waals surface area contributed by atoms with Gasteiger partial charge in [-0.25, -0.2) is 44.1 Å². The number of aromatic nitrogens is 13. The largest absolute Gasteiger partial charge is 0.382 e. The van der Waals surface area contributed by atoms with E-state index in [9.17, 15) is 0 Å². The third-order valence-electron chi connectivity index (χ3n) is 4.92. The Morgan fingerprint density at radius 2 is 1.50 bits per heavy atom. The van der Waals surface area contributed by atoms with Crippen molar-refractivity contribution in [1.29, 1.82) is 0 Å². The predicted molar refractivity (Wildman–Crippen MR) is 168 cm³/mol. The lowest BCUT2D eigenvalue weighted by Gasteiger charge is -2.11. The van der Waals surface area contributed by atoms with Gasteiger partial charge in [0, 0.05) is 70.2 Å². The third-order valence-corrected chi connectivity index (χ3v) is 4.92. The summed E-state index contributed by atoms with van der Waals surface area (Å²) in [6, 6.07) is 0. The van der Waals surface area contributed by atoms with Crippen LogP contribution in [0, 0.1) is 0 Å². The number of nitrogen functional groups attached to an aromatic ring is 1. The molecule has 6 aromatic heterocycles. The van der Waals surface area contributed by atoms with Gasteiger partial charge in [-0.1, -0.05) is 0 Å². The first-order valence-corrected chi connectivity index (χ1v) is 13.4. The molecule has 1 aliphatic rings. The summed E-state index contributed by atoms with van der Waals surface area (Å²) < 4.78 is 3.59. The molecule has 20 heteroatoms. The summed E-state index contributed by atoms with van der Waals surface area (Å²) >= 11 is 0. The molecule has 238 valence electrons. The highest BCUT2D eigenvalue weighted by molar-refractivity contribution is 5.58. The van der Waals surface area contributed by atoms with Crippen molar-refractivity contribution in [2.45, 2.75) is 13.1 Å². The molecule has 0 aromatic carbocycles. The molecule has 7 heterocycles. The number of hydrogen-bond acceptors (Lipinski definition) is 16. The third kappa shape index (κ3) is 13.7. The number of rotatable bonds is 4. The van der Waals surface area contributed by atoms with Crippen LogP contribution in [0.1, 0.15) is 5.82 Å². The molecular weight excluding hydrogens is 594 g/mol. The van der Waals surface area contributed by atoms with Crippen LogP contribution in [0.15, 0.2) is 97.0 Å². The Balaban J connectivity index is 0.000000157. The maximum atomic E-state index is 8.08. The summed E-state index contributed by atoms with van der Waals surface area (Å²) in [5, 5.41) is 19.2. The summed E-state index contributed by atoms with van der Waals surface area (Å²) in [5.74, 6) is 2.58. The molecule has 1 aliphatic heterocycles. The molecule has 0 fully saturated rings. The van der Waals surface area contributed by atoms with Gasteiger partial charge in [0.1, 0.15) is 30.6 Å². The molecule has 0 saturated heterocycles. The lowest BCUT2D eigenvalue weighted by molar-refractivity contribution is 0.240. The Kier molecular flexibility index (Phi) is 15.2. The monoisotopic (exact) mass is 627 g/mol. The molecule has 46 heavy (non-hydrogen) atoms. The van der Waals surface area contributed by atoms with Crippen molar-refractivity contribution >= 4 is 35.8 Å². The Labute approximate surface area is 263 Å². The summed E-state index contributed by atoms with van der Waals surface area (Å²) in [6.45, 7) is 2.83. The summed E-state index contributed by atoms with van der Waals surface area (Å²) in [6.07, 6.45) is 25.0. The molecule has 5 N–H and O–H groups in total. The first-order chi connectivity index (χ1) is 22.5. The minimum Gasteiger partial charge on any atom is -0.382 e. The van der Waals surface area contributed by atoms with Crippen LogP contribution in [0.5, 0.6) is 0 Å². The minimum absolute atomic E-state index is 0.448. The van der Waals surface area contributed by atoms with Crippen molar-refractivity contribution in [2.24, 2.45) is 9.98 Å². The van der Waals surface area contributed by atoms with E-state index in [-0.39, 0.29) is 0 Å². The average molecular weight is 628 g/mol. The van der Waals surface area contributed by atoms with E-state index >= 15 is 0 Å². The number of anilines is 1. The second kappa shape index (κ2) is 20.5. The van der Waals surface area contributed by atoms with Gasteiger partial charge in [-0.15, -0.1) is 0 Å². The molecule has 6 aromatic rings. The van der Waals surface area contributed by atoms with E-state index in [1.165, 1.54) is 24.9 Å². The van der Waals surface area contributed by atoms with Gasteiger partial charge in [-0.2, -0.15) is 10.2 Å². The highest BCUT2D eigenvalue weighted by Gasteiger charge is 2.07. The Bertz CT molecular complexity index is 1630. The standard InChI is InChI=1S/C7H10N4.C5H6N4O.C5H8N4.C5H4N4.C4H5N3/c1-11(2)6-10-7-5-8-3-4-9-7;10-9-4-8-5-3-6-1-2-7-5;2*1-2-9-5(3-6-1)7-4-8-9;5-4-3-6-1-2-7-4/h3-6H,1-2H3;1-4,10H,(H,7,8,9);4,6H,1-3H2;1-4H;1-3H,(H2,5,7). The maximum Gasteiger partial charge on any atom is 0.173 e. The smallest absolute Gasteiger partial charge is 0.173 e. The van der Waals surface area contributed by atoms with Gasteiger partial charge in [-0.05, 0) is 0 Å². The Morgan fingerprint density at radius 1 is 0.826 bits per heavy atom. The molecule has 7 rings (SSSR count). The van der Waals surface area contributed by atoms with Crippen LogP contribution in [0.2, 0.25) is 0 Å². The fourth-order valence-corrected chi connectivity index (χ4v) is 2.97. The van der Waals surface area contributed by atoms with E-state index in [1.807, 2.05) is 23.7 Å². The van der Waals surface area contributed by atoms with E-state index in [2.05, 4.69) is 70.4 Å². The second-order valence-electron chi connectivity index (χ2n) is 8.57. The van der Waals surface area contributed by atoms with Crippen LogP contribution in [-0.4, -0.2) is 108 Å². The number of hydrogen-bond donors (Lipinski definition) is 4. The van der Waals surface area contributed by atoms with Crippen molar-refractivity contribution in [2.75, 3.05) is 26.4 Å². The Hall–Kier alpha value is -6.41. The summed E-state index contributed by atoms with van der Waals surface area (Å²) in [5.41, 5.74) is 7.72. The topological polar surface area (TPSA) is 249 Å². The number of aliphatic imine (C=N–C) groups is 2. The van der Waals surface area contributed by atoms with E-state index in [0.29, 0.717) is 17.5 Å². The number of nitrogens with zero attached hydrogens (tertiary/aromatic N) is 16. The van der Waals surface area contributed by atoms with Crippen LogP contribution in [0.3, 0.4) is 0 Å². The minimum atomic E-state index is 0.448. The molecule has 0 bridgehead atoms. The molecule has 20 nitrogen and oxygen atoms in total. The van der Waals surface area contributed by atoms with Gasteiger partial charge in [0.15, 0.2) is 17.3 Å². The molecule has 0 spiro atoms. The Morgan fingerprint density at radius 3 is 2.07 bits per heavy atom. The number of nitrogens with two attached hydrogens (primary N) is 1. The van der Waals surface area contributed by atoms with Crippen LogP contribution < -0.4 is 16.5 Å². The van der Waals surface area contributed by atoms with E-state index < -0.39 is 0 Å². The van der Waals surface area contributed by atoms with Gasteiger partial charge in [0.05, 0.1) is 44.2 Å². The van der Waals surface area contributed by atoms with Gasteiger partial charge < -0.3 is 16.0 Å². The van der Waals surface area contributed by atoms with Crippen molar-refractivity contribution in [3.8, 4) is 0 Å². The highest BCUT2D eigenvalue weighted by atomic mass is 16.5. The van der Waals surface area contributed by atoms with Gasteiger partial charge >= 0.3 is 0 Å². The van der Waals surface area contributed by atoms with Crippen molar-refractivity contribution in [3.63, 3.8) is 0 Å². The zero-order chi connectivity index (χ0) is 32.7. The van der Waals surface area contributed by atoms with E-state index in [1.54, 1.807) is 78.4 Å². The normalized spacial score (nSPS) is 11.4. The second-order valence-corrected chi connectivity index (χ2v) is 8.57. The van der Waals surface area contributed by atoms with Gasteiger partial charge in [0.25, 0.3) is 0 Å². The molecule has 0 saturated carbocycles. The zero-order valence-corrected chi connectivity index (χ0v) is 25.0. The van der Waals surface area contributed by atoms with Crippen LogP contribution in [0.4, 0.5) is 17.5 Å². The van der Waals surface area contributed by atoms with Crippen LogP contribution >= 0.6 is 0 Å². The first-order valence-electron chi connectivity index (χ1n) is 13.4. The number of hydroxylamine groups is 1. The molecular formula is C26H33N19O. The molecule has 0 radical (unpaired) electrons. The van der Waals surface area contributed by atoms with Gasteiger partial charge in [0.2, 0.25) is 0 Å². The molecule has 0 unspecified atom stereocenters. The van der Waals surface area contributed by atoms with E-state index in [4.69, 9.17) is 10.9 Å². The maximum absolute atomic E-state index is 8.08. The van der Waals surface area contributed by atoms with Crippen molar-refractivity contribution < 1.29 is 5.21 Å².